The van der Waals surface area contributed by atoms with Crippen LogP contribution < -0.4 is 10.1 Å². The van der Waals surface area contributed by atoms with Crippen LogP contribution in [0.25, 0.3) is 0 Å². The van der Waals surface area contributed by atoms with Crippen LogP contribution in [0.1, 0.15) is 15.9 Å². The van der Waals surface area contributed by atoms with Crippen molar-refractivity contribution >= 4 is 23.2 Å². The lowest BCUT2D eigenvalue weighted by Crippen LogP contribution is -2.12. The van der Waals surface area contributed by atoms with E-state index in [1.165, 1.54) is 19.2 Å². The summed E-state index contributed by atoms with van der Waals surface area (Å²) in [5.74, 6) is -0.280. The van der Waals surface area contributed by atoms with Crippen molar-refractivity contribution in [2.24, 2.45) is 0 Å². The normalized spacial score (nSPS) is 10.2. The zero-order chi connectivity index (χ0) is 15.2. The molecular formula is C16H15ClFNO2. The number of alkyl halides is 1. The van der Waals surface area contributed by atoms with Gasteiger partial charge in [0.05, 0.1) is 7.11 Å². The average molecular weight is 308 g/mol. The molecule has 0 radical (unpaired) electrons. The molecule has 0 aromatic heterocycles. The molecule has 0 unspecified atom stereocenters. The predicted octanol–water partition coefficient (Wildman–Crippen LogP) is 3.87. The number of hydrogen-bond acceptors (Lipinski definition) is 2. The van der Waals surface area contributed by atoms with E-state index in [0.29, 0.717) is 11.6 Å². The van der Waals surface area contributed by atoms with Crippen molar-refractivity contribution in [2.45, 2.75) is 6.42 Å². The molecule has 0 spiro atoms. The summed E-state index contributed by atoms with van der Waals surface area (Å²) in [5, 5.41) is 2.71. The number of halogens is 2. The Balaban J connectivity index is 2.08. The van der Waals surface area contributed by atoms with Crippen molar-refractivity contribution in [1.82, 2.24) is 0 Å². The Bertz CT molecular complexity index is 629. The Kier molecular flexibility index (Phi) is 5.17. The van der Waals surface area contributed by atoms with Gasteiger partial charge in [0.25, 0.3) is 5.91 Å². The third-order valence-corrected chi connectivity index (χ3v) is 3.20. The third kappa shape index (κ3) is 3.95. The van der Waals surface area contributed by atoms with E-state index in [9.17, 15) is 9.18 Å². The van der Waals surface area contributed by atoms with Crippen molar-refractivity contribution in [3.05, 3.63) is 59.4 Å². The minimum absolute atomic E-state index is 0.108. The fourth-order valence-corrected chi connectivity index (χ4v) is 2.09. The maximum Gasteiger partial charge on any atom is 0.255 e. The summed E-state index contributed by atoms with van der Waals surface area (Å²) in [5.41, 5.74) is 1.98. The van der Waals surface area contributed by atoms with Crippen LogP contribution >= 0.6 is 11.6 Å². The number of anilines is 1. The van der Waals surface area contributed by atoms with Crippen LogP contribution in [0.3, 0.4) is 0 Å². The van der Waals surface area contributed by atoms with E-state index in [2.05, 4.69) is 5.32 Å². The quantitative estimate of drug-likeness (QED) is 0.852. The summed E-state index contributed by atoms with van der Waals surface area (Å²) in [6, 6.07) is 11.5. The first-order valence-electron chi connectivity index (χ1n) is 6.44. The van der Waals surface area contributed by atoms with Crippen LogP contribution in [0.15, 0.2) is 42.5 Å². The van der Waals surface area contributed by atoms with Gasteiger partial charge in [-0.25, -0.2) is 4.39 Å². The minimum Gasteiger partial charge on any atom is -0.494 e. The summed E-state index contributed by atoms with van der Waals surface area (Å²) in [7, 11) is 1.38. The van der Waals surface area contributed by atoms with Crippen LogP contribution in [-0.2, 0) is 6.42 Å². The number of hydrogen-bond donors (Lipinski definition) is 1. The molecule has 0 saturated carbocycles. The standard InChI is InChI=1S/C16H15ClFNO2/c1-21-15-7-4-12(10-14(15)18)16(20)19-13-5-2-11(3-6-13)8-9-17/h2-7,10H,8-9H2,1H3,(H,19,20). The van der Waals surface area contributed by atoms with Crippen LogP contribution in [0.5, 0.6) is 5.75 Å². The molecule has 2 rings (SSSR count). The summed E-state index contributed by atoms with van der Waals surface area (Å²) in [6.07, 6.45) is 0.777. The maximum atomic E-state index is 13.6. The van der Waals surface area contributed by atoms with E-state index in [0.717, 1.165) is 18.1 Å². The van der Waals surface area contributed by atoms with Crippen molar-refractivity contribution in [3.63, 3.8) is 0 Å². The number of aryl methyl sites for hydroxylation is 1. The summed E-state index contributed by atoms with van der Waals surface area (Å²) < 4.78 is 18.4. The number of nitrogens with one attached hydrogen (secondary N) is 1. The molecule has 3 nitrogen and oxygen atoms in total. The number of rotatable bonds is 5. The Morgan fingerprint density at radius 2 is 1.95 bits per heavy atom. The lowest BCUT2D eigenvalue weighted by molar-refractivity contribution is 0.102. The molecule has 2 aromatic carbocycles. The fourth-order valence-electron chi connectivity index (χ4n) is 1.87. The van der Waals surface area contributed by atoms with E-state index in [1.807, 2.05) is 12.1 Å². The van der Waals surface area contributed by atoms with E-state index < -0.39 is 5.82 Å². The van der Waals surface area contributed by atoms with Crippen molar-refractivity contribution in [2.75, 3.05) is 18.3 Å². The van der Waals surface area contributed by atoms with Gasteiger partial charge in [0.15, 0.2) is 11.6 Å². The average Bonchev–Trinajstić information content (AvgIpc) is 2.49. The number of methoxy groups -OCH3 is 1. The molecule has 0 fully saturated rings. The molecule has 0 aliphatic rings. The van der Waals surface area contributed by atoms with E-state index in [-0.39, 0.29) is 17.2 Å². The van der Waals surface area contributed by atoms with Crippen molar-refractivity contribution in [1.29, 1.82) is 0 Å². The number of carbonyl (C=O) groups is 1. The SMILES string of the molecule is COc1ccc(C(=O)Nc2ccc(CCCl)cc2)cc1F. The zero-order valence-corrected chi connectivity index (χ0v) is 12.3. The highest BCUT2D eigenvalue weighted by atomic mass is 35.5. The molecule has 0 atom stereocenters. The van der Waals surface area contributed by atoms with E-state index in [4.69, 9.17) is 16.3 Å². The molecule has 0 aliphatic heterocycles. The molecule has 110 valence electrons. The highest BCUT2D eigenvalue weighted by molar-refractivity contribution is 6.18. The van der Waals surface area contributed by atoms with Crippen LogP contribution in [-0.4, -0.2) is 18.9 Å². The second kappa shape index (κ2) is 7.09. The van der Waals surface area contributed by atoms with E-state index >= 15 is 0 Å². The van der Waals surface area contributed by atoms with Gasteiger partial charge >= 0.3 is 0 Å². The topological polar surface area (TPSA) is 38.3 Å². The molecule has 1 N–H and O–H groups in total. The summed E-state index contributed by atoms with van der Waals surface area (Å²) in [4.78, 5) is 12.0. The lowest BCUT2D eigenvalue weighted by Gasteiger charge is -2.07. The Labute approximate surface area is 127 Å². The summed E-state index contributed by atoms with van der Waals surface area (Å²) >= 11 is 5.66. The number of ether oxygens (including phenoxy) is 1. The Hall–Kier alpha value is -2.07. The third-order valence-electron chi connectivity index (χ3n) is 3.01. The molecule has 0 bridgehead atoms. The van der Waals surface area contributed by atoms with Crippen LogP contribution in [0, 0.1) is 5.82 Å². The first-order valence-corrected chi connectivity index (χ1v) is 6.97. The van der Waals surface area contributed by atoms with Crippen molar-refractivity contribution in [3.8, 4) is 5.75 Å². The Morgan fingerprint density at radius 3 is 2.52 bits per heavy atom. The number of carbonyl (C=O) groups excluding carboxylic acids is 1. The number of amides is 1. The lowest BCUT2D eigenvalue weighted by atomic mass is 10.1. The molecule has 0 saturated heterocycles. The number of benzene rings is 2. The first-order chi connectivity index (χ1) is 10.1. The van der Waals surface area contributed by atoms with Crippen molar-refractivity contribution < 1.29 is 13.9 Å². The van der Waals surface area contributed by atoms with E-state index in [1.54, 1.807) is 12.1 Å². The fraction of sp³-hybridized carbons (Fsp3) is 0.188. The molecule has 1 amide bonds. The second-order valence-electron chi connectivity index (χ2n) is 4.44. The van der Waals surface area contributed by atoms with Crippen LogP contribution in [0.2, 0.25) is 0 Å². The first kappa shape index (κ1) is 15.3. The highest BCUT2D eigenvalue weighted by Crippen LogP contribution is 2.19. The molecule has 2 aromatic rings. The van der Waals surface area contributed by atoms with Gasteiger partial charge in [-0.05, 0) is 42.3 Å². The molecule has 5 heteroatoms. The molecule has 0 aliphatic carbocycles. The monoisotopic (exact) mass is 307 g/mol. The zero-order valence-electron chi connectivity index (χ0n) is 11.5. The van der Waals surface area contributed by atoms with Gasteiger partial charge in [0, 0.05) is 17.1 Å². The molecule has 0 heterocycles. The molecular weight excluding hydrogens is 293 g/mol. The Morgan fingerprint density at radius 1 is 1.24 bits per heavy atom. The van der Waals surface area contributed by atoms with Gasteiger partial charge in [-0.15, -0.1) is 11.6 Å². The summed E-state index contributed by atoms with van der Waals surface area (Å²) in [6.45, 7) is 0. The van der Waals surface area contributed by atoms with Gasteiger partial charge < -0.3 is 10.1 Å². The predicted molar refractivity (Wildman–Crippen MR) is 81.8 cm³/mol. The highest BCUT2D eigenvalue weighted by Gasteiger charge is 2.10. The molecule has 21 heavy (non-hydrogen) atoms. The van der Waals surface area contributed by atoms with Crippen LogP contribution in [0.4, 0.5) is 10.1 Å². The van der Waals surface area contributed by atoms with Gasteiger partial charge in [0.1, 0.15) is 0 Å². The van der Waals surface area contributed by atoms with Gasteiger partial charge in [-0.2, -0.15) is 0 Å². The van der Waals surface area contributed by atoms with Gasteiger partial charge in [-0.3, -0.25) is 4.79 Å². The van der Waals surface area contributed by atoms with Gasteiger partial charge in [0.2, 0.25) is 0 Å². The largest absolute Gasteiger partial charge is 0.494 e. The van der Waals surface area contributed by atoms with Gasteiger partial charge in [-0.1, -0.05) is 12.1 Å². The second-order valence-corrected chi connectivity index (χ2v) is 4.82. The smallest absolute Gasteiger partial charge is 0.255 e. The minimum atomic E-state index is -0.567. The maximum absolute atomic E-state index is 13.6.